The summed E-state index contributed by atoms with van der Waals surface area (Å²) >= 11 is 1.55. The summed E-state index contributed by atoms with van der Waals surface area (Å²) in [6, 6.07) is 1.19. The molecule has 1 heterocycles. The van der Waals surface area contributed by atoms with Crippen LogP contribution in [0.3, 0.4) is 0 Å². The van der Waals surface area contributed by atoms with Crippen LogP contribution in [0.1, 0.15) is 10.4 Å². The molecule has 1 rings (SSSR count). The van der Waals surface area contributed by atoms with Crippen LogP contribution in [-0.2, 0) is 11.2 Å². The lowest BCUT2D eigenvalue weighted by Gasteiger charge is -2.04. The van der Waals surface area contributed by atoms with Crippen LogP contribution in [0, 0.1) is 6.92 Å². The average Bonchev–Trinajstić information content (AvgIpc) is 2.36. The highest BCUT2D eigenvalue weighted by molar-refractivity contribution is 7.10. The number of aryl methyl sites for hydroxylation is 1. The molecule has 0 spiro atoms. The third kappa shape index (κ3) is 2.06. The Labute approximate surface area is 74.8 Å². The quantitative estimate of drug-likeness (QED) is 0.738. The lowest BCUT2D eigenvalue weighted by molar-refractivity contribution is -0.138. The maximum absolute atomic E-state index is 10.4. The van der Waals surface area contributed by atoms with Gasteiger partial charge in [-0.15, -0.1) is 11.3 Å². The third-order valence-electron chi connectivity index (χ3n) is 1.69. The van der Waals surface area contributed by atoms with Gasteiger partial charge in [-0.25, -0.2) is 0 Å². The highest BCUT2D eigenvalue weighted by Gasteiger charge is 2.13. The maximum atomic E-state index is 10.4. The van der Waals surface area contributed by atoms with Crippen LogP contribution < -0.4 is 5.73 Å². The predicted molar refractivity (Wildman–Crippen MR) is 48.4 cm³/mol. The van der Waals surface area contributed by atoms with E-state index in [0.717, 1.165) is 10.4 Å². The predicted octanol–water partition coefficient (Wildman–Crippen LogP) is 1.01. The van der Waals surface area contributed by atoms with E-state index in [9.17, 15) is 4.79 Å². The topological polar surface area (TPSA) is 63.3 Å². The van der Waals surface area contributed by atoms with Crippen molar-refractivity contribution in [1.29, 1.82) is 0 Å². The van der Waals surface area contributed by atoms with E-state index < -0.39 is 12.0 Å². The van der Waals surface area contributed by atoms with Gasteiger partial charge >= 0.3 is 5.97 Å². The van der Waals surface area contributed by atoms with Crippen molar-refractivity contribution < 1.29 is 9.90 Å². The molecule has 0 amide bonds. The first-order valence-electron chi connectivity index (χ1n) is 3.62. The minimum atomic E-state index is -0.942. The third-order valence-corrected chi connectivity index (χ3v) is 2.74. The van der Waals surface area contributed by atoms with Gasteiger partial charge in [0.1, 0.15) is 6.04 Å². The molecule has 1 unspecified atom stereocenters. The lowest BCUT2D eigenvalue weighted by Crippen LogP contribution is -2.32. The van der Waals surface area contributed by atoms with Gasteiger partial charge < -0.3 is 10.8 Å². The summed E-state index contributed by atoms with van der Waals surface area (Å²) in [6.45, 7) is 1.96. The molecule has 0 bridgehead atoms. The number of rotatable bonds is 3. The largest absolute Gasteiger partial charge is 0.480 e. The second-order valence-electron chi connectivity index (χ2n) is 2.68. The van der Waals surface area contributed by atoms with Gasteiger partial charge in [0.15, 0.2) is 0 Å². The molecule has 1 aromatic rings. The van der Waals surface area contributed by atoms with Crippen molar-refractivity contribution in [2.75, 3.05) is 0 Å². The van der Waals surface area contributed by atoms with E-state index in [1.54, 1.807) is 11.3 Å². The molecule has 1 aromatic heterocycles. The van der Waals surface area contributed by atoms with Gasteiger partial charge in [0, 0.05) is 11.3 Å². The monoisotopic (exact) mass is 185 g/mol. The van der Waals surface area contributed by atoms with Crippen LogP contribution in [0.5, 0.6) is 0 Å². The van der Waals surface area contributed by atoms with E-state index in [4.69, 9.17) is 10.8 Å². The Morgan fingerprint density at radius 3 is 2.92 bits per heavy atom. The summed E-state index contributed by atoms with van der Waals surface area (Å²) in [6.07, 6.45) is 0.429. The van der Waals surface area contributed by atoms with Crippen LogP contribution in [0.2, 0.25) is 0 Å². The minimum absolute atomic E-state index is 0.429. The first-order chi connectivity index (χ1) is 5.61. The van der Waals surface area contributed by atoms with Crippen molar-refractivity contribution in [3.63, 3.8) is 0 Å². The summed E-state index contributed by atoms with van der Waals surface area (Å²) in [7, 11) is 0. The Bertz CT molecular complexity index is 282. The summed E-state index contributed by atoms with van der Waals surface area (Å²) in [5.74, 6) is -0.942. The molecule has 0 radical (unpaired) electrons. The van der Waals surface area contributed by atoms with Crippen molar-refractivity contribution in [3.05, 3.63) is 21.9 Å². The molecule has 1 atom stereocenters. The van der Waals surface area contributed by atoms with Gasteiger partial charge in [-0.3, -0.25) is 4.79 Å². The normalized spacial score (nSPS) is 12.8. The number of aliphatic carboxylic acids is 1. The molecule has 0 fully saturated rings. The summed E-state index contributed by atoms with van der Waals surface area (Å²) in [5.41, 5.74) is 6.51. The molecule has 0 aliphatic heterocycles. The minimum Gasteiger partial charge on any atom is -0.480 e. The SMILES string of the molecule is Cc1ccsc1CC(N)C(=O)O. The second-order valence-corrected chi connectivity index (χ2v) is 3.68. The van der Waals surface area contributed by atoms with Gasteiger partial charge in [0.2, 0.25) is 0 Å². The van der Waals surface area contributed by atoms with E-state index in [2.05, 4.69) is 0 Å². The summed E-state index contributed by atoms with van der Waals surface area (Å²) in [5, 5.41) is 10.5. The Balaban J connectivity index is 2.64. The van der Waals surface area contributed by atoms with Crippen molar-refractivity contribution in [3.8, 4) is 0 Å². The molecule has 12 heavy (non-hydrogen) atoms. The number of carboxylic acid groups (broad SMARTS) is 1. The van der Waals surface area contributed by atoms with E-state index in [0.29, 0.717) is 6.42 Å². The molecule has 0 saturated heterocycles. The number of nitrogens with two attached hydrogens (primary N) is 1. The van der Waals surface area contributed by atoms with Crippen molar-refractivity contribution in [2.45, 2.75) is 19.4 Å². The fourth-order valence-electron chi connectivity index (χ4n) is 0.900. The van der Waals surface area contributed by atoms with Crippen LogP contribution in [-0.4, -0.2) is 17.1 Å². The van der Waals surface area contributed by atoms with Gasteiger partial charge in [-0.2, -0.15) is 0 Å². The molecule has 0 saturated carbocycles. The van der Waals surface area contributed by atoms with E-state index in [-0.39, 0.29) is 0 Å². The molecule has 3 nitrogen and oxygen atoms in total. The molecular formula is C8H11NO2S. The standard InChI is InChI=1S/C8H11NO2S/c1-5-2-3-12-7(5)4-6(9)8(10)11/h2-3,6H,4,9H2,1H3,(H,10,11). The molecule has 4 heteroatoms. The zero-order valence-corrected chi connectivity index (χ0v) is 7.60. The average molecular weight is 185 g/mol. The second kappa shape index (κ2) is 3.69. The van der Waals surface area contributed by atoms with Gasteiger partial charge in [-0.1, -0.05) is 0 Å². The van der Waals surface area contributed by atoms with Gasteiger partial charge in [0.05, 0.1) is 0 Å². The number of carboxylic acids is 1. The maximum Gasteiger partial charge on any atom is 0.320 e. The van der Waals surface area contributed by atoms with Gasteiger partial charge in [-0.05, 0) is 23.9 Å². The fraction of sp³-hybridized carbons (Fsp3) is 0.375. The van der Waals surface area contributed by atoms with Gasteiger partial charge in [0.25, 0.3) is 0 Å². The molecule has 0 aromatic carbocycles. The highest BCUT2D eigenvalue weighted by Crippen LogP contribution is 2.16. The molecular weight excluding hydrogens is 174 g/mol. The van der Waals surface area contributed by atoms with Crippen LogP contribution in [0.15, 0.2) is 11.4 Å². The molecule has 66 valence electrons. The number of hydrogen-bond donors (Lipinski definition) is 2. The van der Waals surface area contributed by atoms with Crippen molar-refractivity contribution in [1.82, 2.24) is 0 Å². The highest BCUT2D eigenvalue weighted by atomic mass is 32.1. The first-order valence-corrected chi connectivity index (χ1v) is 4.50. The Morgan fingerprint density at radius 1 is 1.83 bits per heavy atom. The van der Waals surface area contributed by atoms with E-state index in [1.165, 1.54) is 0 Å². The first kappa shape index (κ1) is 9.22. The number of hydrogen-bond acceptors (Lipinski definition) is 3. The molecule has 0 aliphatic rings. The summed E-state index contributed by atoms with van der Waals surface area (Å²) < 4.78 is 0. The van der Waals surface area contributed by atoms with E-state index in [1.807, 2.05) is 18.4 Å². The van der Waals surface area contributed by atoms with Crippen LogP contribution >= 0.6 is 11.3 Å². The Morgan fingerprint density at radius 2 is 2.50 bits per heavy atom. The number of carbonyl (C=O) groups is 1. The van der Waals surface area contributed by atoms with Crippen molar-refractivity contribution >= 4 is 17.3 Å². The molecule has 3 N–H and O–H groups in total. The Hall–Kier alpha value is -0.870. The fourth-order valence-corrected chi connectivity index (χ4v) is 1.87. The summed E-state index contributed by atoms with van der Waals surface area (Å²) in [4.78, 5) is 11.5. The van der Waals surface area contributed by atoms with Crippen LogP contribution in [0.4, 0.5) is 0 Å². The zero-order chi connectivity index (χ0) is 9.14. The lowest BCUT2D eigenvalue weighted by atomic mass is 10.1. The molecule has 0 aliphatic carbocycles. The van der Waals surface area contributed by atoms with Crippen LogP contribution in [0.25, 0.3) is 0 Å². The zero-order valence-electron chi connectivity index (χ0n) is 6.78. The van der Waals surface area contributed by atoms with E-state index >= 15 is 0 Å². The Kier molecular flexibility index (Phi) is 2.83. The number of thiophene rings is 1. The van der Waals surface area contributed by atoms with Crippen molar-refractivity contribution in [2.24, 2.45) is 5.73 Å². The smallest absolute Gasteiger partial charge is 0.320 e.